The number of benzene rings is 1. The molecular weight excluding hydrogens is 308 g/mol. The minimum Gasteiger partial charge on any atom is -0.388 e. The van der Waals surface area contributed by atoms with Crippen LogP contribution in [0.25, 0.3) is 0 Å². The lowest BCUT2D eigenvalue weighted by atomic mass is 10.2. The number of aromatic nitrogens is 3. The van der Waals surface area contributed by atoms with E-state index in [4.69, 9.17) is 12.2 Å². The van der Waals surface area contributed by atoms with E-state index in [1.165, 1.54) is 5.56 Å². The van der Waals surface area contributed by atoms with E-state index in [2.05, 4.69) is 55.0 Å². The summed E-state index contributed by atoms with van der Waals surface area (Å²) in [6, 6.07) is 10.8. The average molecular weight is 334 g/mol. The molecule has 0 aliphatic heterocycles. The van der Waals surface area contributed by atoms with Crippen LogP contribution >= 0.6 is 12.2 Å². The predicted molar refractivity (Wildman–Crippen MR) is 94.4 cm³/mol. The van der Waals surface area contributed by atoms with Crippen molar-refractivity contribution < 1.29 is 5.11 Å². The minimum atomic E-state index is -0.0863. The summed E-state index contributed by atoms with van der Waals surface area (Å²) < 4.78 is 4.42. The summed E-state index contributed by atoms with van der Waals surface area (Å²) in [5, 5.41) is 14.0. The van der Waals surface area contributed by atoms with E-state index in [0.717, 1.165) is 19.5 Å². The standard InChI is InChI=1S/C17H26N4OS/c1-4-10-20-16(12-22)18-21(17(20)23)13-19(14(2)3)11-15-8-6-5-7-9-15/h5-9,14,22H,4,10-13H2,1-3H3. The molecular formula is C17H26N4OS. The molecule has 0 bridgehead atoms. The van der Waals surface area contributed by atoms with Crippen molar-refractivity contribution >= 4 is 12.2 Å². The van der Waals surface area contributed by atoms with Crippen molar-refractivity contribution in [3.05, 3.63) is 46.5 Å². The normalized spacial score (nSPS) is 11.6. The van der Waals surface area contributed by atoms with Gasteiger partial charge < -0.3 is 9.67 Å². The molecule has 0 atom stereocenters. The minimum absolute atomic E-state index is 0.0863. The van der Waals surface area contributed by atoms with Crippen molar-refractivity contribution in [2.75, 3.05) is 0 Å². The molecule has 0 saturated heterocycles. The number of hydrogen-bond donors (Lipinski definition) is 1. The third-order valence-electron chi connectivity index (χ3n) is 3.86. The van der Waals surface area contributed by atoms with Gasteiger partial charge in [-0.3, -0.25) is 4.90 Å². The molecule has 2 aromatic rings. The fraction of sp³-hybridized carbons (Fsp3) is 0.529. The van der Waals surface area contributed by atoms with Gasteiger partial charge in [0.15, 0.2) is 10.6 Å². The zero-order valence-electron chi connectivity index (χ0n) is 14.1. The van der Waals surface area contributed by atoms with Gasteiger partial charge in [0.1, 0.15) is 6.61 Å². The summed E-state index contributed by atoms with van der Waals surface area (Å²) in [5.41, 5.74) is 1.27. The Hall–Kier alpha value is -1.50. The van der Waals surface area contributed by atoms with E-state index >= 15 is 0 Å². The first kappa shape index (κ1) is 17.8. The number of hydrogen-bond acceptors (Lipinski definition) is 4. The Morgan fingerprint density at radius 1 is 1.26 bits per heavy atom. The highest BCUT2D eigenvalue weighted by Crippen LogP contribution is 2.11. The van der Waals surface area contributed by atoms with Crippen LogP contribution in [0.15, 0.2) is 30.3 Å². The third kappa shape index (κ3) is 4.50. The van der Waals surface area contributed by atoms with Crippen molar-refractivity contribution in [1.29, 1.82) is 0 Å². The topological polar surface area (TPSA) is 46.2 Å². The fourth-order valence-electron chi connectivity index (χ4n) is 2.53. The molecule has 6 heteroatoms. The van der Waals surface area contributed by atoms with E-state index < -0.39 is 0 Å². The lowest BCUT2D eigenvalue weighted by Crippen LogP contribution is -2.33. The van der Waals surface area contributed by atoms with Gasteiger partial charge >= 0.3 is 0 Å². The van der Waals surface area contributed by atoms with E-state index in [1.54, 1.807) is 0 Å². The van der Waals surface area contributed by atoms with Crippen LogP contribution in [0.2, 0.25) is 0 Å². The summed E-state index contributed by atoms with van der Waals surface area (Å²) in [4.78, 5) is 2.32. The molecule has 1 heterocycles. The van der Waals surface area contributed by atoms with Gasteiger partial charge in [0.25, 0.3) is 0 Å². The van der Waals surface area contributed by atoms with E-state index in [-0.39, 0.29) is 6.61 Å². The molecule has 126 valence electrons. The van der Waals surface area contributed by atoms with Gasteiger partial charge in [-0.2, -0.15) is 5.10 Å². The molecule has 0 radical (unpaired) electrons. The molecule has 1 aromatic carbocycles. The van der Waals surface area contributed by atoms with Gasteiger partial charge in [-0.15, -0.1) is 0 Å². The quantitative estimate of drug-likeness (QED) is 0.753. The Bertz CT molecular complexity index is 663. The smallest absolute Gasteiger partial charge is 0.199 e. The van der Waals surface area contributed by atoms with Crippen LogP contribution in [0.1, 0.15) is 38.6 Å². The fourth-order valence-corrected chi connectivity index (χ4v) is 2.82. The Kier molecular flexibility index (Phi) is 6.50. The highest BCUT2D eigenvalue weighted by atomic mass is 32.1. The van der Waals surface area contributed by atoms with Crippen molar-refractivity contribution in [3.63, 3.8) is 0 Å². The van der Waals surface area contributed by atoms with Crippen molar-refractivity contribution in [1.82, 2.24) is 19.2 Å². The van der Waals surface area contributed by atoms with Gasteiger partial charge in [0.2, 0.25) is 0 Å². The summed E-state index contributed by atoms with van der Waals surface area (Å²) in [6.07, 6.45) is 0.963. The summed E-state index contributed by atoms with van der Waals surface area (Å²) in [7, 11) is 0. The molecule has 0 unspecified atom stereocenters. The molecule has 0 spiro atoms. The van der Waals surface area contributed by atoms with Gasteiger partial charge in [0.05, 0.1) is 6.67 Å². The van der Waals surface area contributed by atoms with Crippen molar-refractivity contribution in [2.24, 2.45) is 0 Å². The largest absolute Gasteiger partial charge is 0.388 e. The Morgan fingerprint density at radius 2 is 1.96 bits per heavy atom. The van der Waals surface area contributed by atoms with Crippen LogP contribution in [0.4, 0.5) is 0 Å². The lowest BCUT2D eigenvalue weighted by Gasteiger charge is -2.26. The monoisotopic (exact) mass is 334 g/mol. The van der Waals surface area contributed by atoms with Crippen LogP contribution in [0.3, 0.4) is 0 Å². The Labute approximate surface area is 143 Å². The summed E-state index contributed by atoms with van der Waals surface area (Å²) in [5.74, 6) is 0.639. The maximum absolute atomic E-state index is 9.50. The molecule has 23 heavy (non-hydrogen) atoms. The molecule has 1 aromatic heterocycles. The second-order valence-corrected chi connectivity index (χ2v) is 6.34. The highest BCUT2D eigenvalue weighted by molar-refractivity contribution is 7.71. The number of rotatable bonds is 8. The molecule has 0 aliphatic carbocycles. The zero-order chi connectivity index (χ0) is 16.8. The molecule has 1 N–H and O–H groups in total. The maximum Gasteiger partial charge on any atom is 0.199 e. The second kappa shape index (κ2) is 8.38. The maximum atomic E-state index is 9.50. The van der Waals surface area contributed by atoms with E-state index in [9.17, 15) is 5.11 Å². The number of aliphatic hydroxyl groups excluding tert-OH is 1. The summed E-state index contributed by atoms with van der Waals surface area (Å²) in [6.45, 7) is 8.59. The number of aliphatic hydroxyl groups is 1. The van der Waals surface area contributed by atoms with Gasteiger partial charge in [-0.25, -0.2) is 4.68 Å². The second-order valence-electron chi connectivity index (χ2n) is 5.98. The van der Waals surface area contributed by atoms with Gasteiger partial charge in [-0.05, 0) is 38.0 Å². The Morgan fingerprint density at radius 3 is 2.52 bits per heavy atom. The molecule has 0 amide bonds. The van der Waals surface area contributed by atoms with Crippen LogP contribution in [-0.4, -0.2) is 30.4 Å². The summed E-state index contributed by atoms with van der Waals surface area (Å²) >= 11 is 5.54. The SMILES string of the molecule is CCCn1c(CO)nn(CN(Cc2ccccc2)C(C)C)c1=S. The first-order chi connectivity index (χ1) is 11.1. The lowest BCUT2D eigenvalue weighted by molar-refractivity contribution is 0.152. The van der Waals surface area contributed by atoms with Gasteiger partial charge in [-0.1, -0.05) is 37.3 Å². The third-order valence-corrected chi connectivity index (χ3v) is 4.29. The van der Waals surface area contributed by atoms with Crippen LogP contribution in [0.5, 0.6) is 0 Å². The van der Waals surface area contributed by atoms with E-state index in [0.29, 0.717) is 23.3 Å². The van der Waals surface area contributed by atoms with Crippen LogP contribution < -0.4 is 0 Å². The molecule has 2 rings (SSSR count). The molecule has 5 nitrogen and oxygen atoms in total. The molecule has 0 saturated carbocycles. The first-order valence-corrected chi connectivity index (χ1v) is 8.53. The number of nitrogens with zero attached hydrogens (tertiary/aromatic N) is 4. The predicted octanol–water partition coefficient (Wildman–Crippen LogP) is 3.18. The molecule has 0 fully saturated rings. The van der Waals surface area contributed by atoms with E-state index in [1.807, 2.05) is 15.3 Å². The van der Waals surface area contributed by atoms with Crippen LogP contribution in [0, 0.1) is 4.77 Å². The van der Waals surface area contributed by atoms with Gasteiger partial charge in [0, 0.05) is 19.1 Å². The Balaban J connectivity index is 2.22. The van der Waals surface area contributed by atoms with Crippen molar-refractivity contribution in [2.45, 2.75) is 59.6 Å². The van der Waals surface area contributed by atoms with Crippen molar-refractivity contribution in [3.8, 4) is 0 Å². The molecule has 0 aliphatic rings. The average Bonchev–Trinajstić information content (AvgIpc) is 2.84. The first-order valence-electron chi connectivity index (χ1n) is 8.12. The zero-order valence-corrected chi connectivity index (χ0v) is 15.0. The highest BCUT2D eigenvalue weighted by Gasteiger charge is 2.15. The van der Waals surface area contributed by atoms with Crippen LogP contribution in [-0.2, 0) is 26.4 Å².